The van der Waals surface area contributed by atoms with E-state index in [1.54, 1.807) is 0 Å². The Kier molecular flexibility index (Phi) is 2.68. The monoisotopic (exact) mass is 305 g/mol. The van der Waals surface area contributed by atoms with E-state index in [9.17, 15) is 4.79 Å². The minimum Gasteiger partial charge on any atom is -0.356 e. The van der Waals surface area contributed by atoms with Gasteiger partial charge in [0.1, 0.15) is 0 Å². The first kappa shape index (κ1) is 13.0. The highest BCUT2D eigenvalue weighted by Gasteiger charge is 2.42. The van der Waals surface area contributed by atoms with Gasteiger partial charge in [0.2, 0.25) is 5.91 Å². The summed E-state index contributed by atoms with van der Waals surface area (Å²) in [7, 11) is 0. The summed E-state index contributed by atoms with van der Waals surface area (Å²) in [4.78, 5) is 18.2. The first-order chi connectivity index (χ1) is 11.3. The van der Waals surface area contributed by atoms with Crippen LogP contribution in [0.3, 0.4) is 0 Å². The molecule has 1 fully saturated rings. The Morgan fingerprint density at radius 2 is 1.87 bits per heavy atom. The highest BCUT2D eigenvalue weighted by molar-refractivity contribution is 5.86. The van der Waals surface area contributed by atoms with E-state index in [1.165, 1.54) is 22.2 Å². The number of carbonyl (C=O) groups excluding carboxylic acids is 1. The molecule has 2 atom stereocenters. The second-order valence-electron chi connectivity index (χ2n) is 6.58. The minimum absolute atomic E-state index is 0.125. The van der Waals surface area contributed by atoms with Crippen LogP contribution in [0.1, 0.15) is 36.2 Å². The van der Waals surface area contributed by atoms with E-state index < -0.39 is 0 Å². The highest BCUT2D eigenvalue weighted by Crippen LogP contribution is 2.45. The van der Waals surface area contributed by atoms with E-state index in [0.717, 1.165) is 19.4 Å². The van der Waals surface area contributed by atoms with Crippen LogP contribution in [0.5, 0.6) is 0 Å². The van der Waals surface area contributed by atoms with Gasteiger partial charge in [0.05, 0.1) is 12.1 Å². The van der Waals surface area contributed by atoms with Gasteiger partial charge in [-0.1, -0.05) is 18.2 Å². The SMILES string of the molecule is O=C1CC[C@H](n2cccc2)[C@H]2c3[nH]c4ccccc4c3CCN12. The molecule has 1 amide bonds. The second-order valence-corrected chi connectivity index (χ2v) is 6.58. The molecule has 2 aliphatic heterocycles. The molecule has 4 heteroatoms. The van der Waals surface area contributed by atoms with Crippen LogP contribution in [0.4, 0.5) is 0 Å². The number of hydrogen-bond donors (Lipinski definition) is 1. The number of aromatic nitrogens is 2. The van der Waals surface area contributed by atoms with Crippen molar-refractivity contribution in [2.75, 3.05) is 6.54 Å². The van der Waals surface area contributed by atoms with Crippen molar-refractivity contribution in [3.05, 3.63) is 60.0 Å². The molecule has 0 bridgehead atoms. The van der Waals surface area contributed by atoms with Crippen molar-refractivity contribution in [3.8, 4) is 0 Å². The van der Waals surface area contributed by atoms with Gasteiger partial charge in [-0.3, -0.25) is 4.79 Å². The second kappa shape index (κ2) is 4.75. The third-order valence-corrected chi connectivity index (χ3v) is 5.43. The summed E-state index contributed by atoms with van der Waals surface area (Å²) in [5.74, 6) is 0.294. The van der Waals surface area contributed by atoms with Crippen LogP contribution in [0.25, 0.3) is 10.9 Å². The quantitative estimate of drug-likeness (QED) is 0.735. The topological polar surface area (TPSA) is 41.0 Å². The normalized spacial score (nSPS) is 23.8. The van der Waals surface area contributed by atoms with Gasteiger partial charge in [-0.2, -0.15) is 0 Å². The molecule has 0 radical (unpaired) electrons. The number of aromatic amines is 1. The van der Waals surface area contributed by atoms with E-state index in [4.69, 9.17) is 0 Å². The molecule has 3 aromatic rings. The van der Waals surface area contributed by atoms with Gasteiger partial charge in [0.25, 0.3) is 0 Å². The highest BCUT2D eigenvalue weighted by atomic mass is 16.2. The number of fused-ring (bicyclic) bond motifs is 5. The van der Waals surface area contributed by atoms with E-state index in [1.807, 2.05) is 0 Å². The number of piperidine rings is 1. The van der Waals surface area contributed by atoms with E-state index in [0.29, 0.717) is 18.4 Å². The van der Waals surface area contributed by atoms with E-state index in [-0.39, 0.29) is 6.04 Å². The predicted octanol–water partition coefficient (Wildman–Crippen LogP) is 3.43. The summed E-state index contributed by atoms with van der Waals surface area (Å²) in [5.41, 5.74) is 3.82. The van der Waals surface area contributed by atoms with Gasteiger partial charge in [-0.05, 0) is 36.6 Å². The Bertz CT molecular complexity index is 877. The minimum atomic E-state index is 0.125. The summed E-state index contributed by atoms with van der Waals surface area (Å²) in [6.45, 7) is 0.829. The largest absolute Gasteiger partial charge is 0.356 e. The van der Waals surface area contributed by atoms with Crippen molar-refractivity contribution >= 4 is 16.8 Å². The van der Waals surface area contributed by atoms with Crippen LogP contribution in [-0.4, -0.2) is 26.9 Å². The smallest absolute Gasteiger partial charge is 0.223 e. The maximum absolute atomic E-state index is 12.5. The van der Waals surface area contributed by atoms with Crippen molar-refractivity contribution in [3.63, 3.8) is 0 Å². The zero-order valence-corrected chi connectivity index (χ0v) is 12.9. The van der Waals surface area contributed by atoms with Gasteiger partial charge in [-0.15, -0.1) is 0 Å². The number of hydrogen-bond acceptors (Lipinski definition) is 1. The third kappa shape index (κ3) is 1.81. The van der Waals surface area contributed by atoms with Gasteiger partial charge >= 0.3 is 0 Å². The zero-order valence-electron chi connectivity index (χ0n) is 12.9. The molecule has 1 N–H and O–H groups in total. The average molecular weight is 305 g/mol. The number of amides is 1. The number of rotatable bonds is 1. The molecule has 5 rings (SSSR count). The number of H-pyrrole nitrogens is 1. The van der Waals surface area contributed by atoms with Crippen molar-refractivity contribution in [1.29, 1.82) is 0 Å². The van der Waals surface area contributed by atoms with Crippen LogP contribution in [-0.2, 0) is 11.2 Å². The molecule has 116 valence electrons. The summed E-state index contributed by atoms with van der Waals surface area (Å²) in [6, 6.07) is 13.1. The lowest BCUT2D eigenvalue weighted by atomic mass is 9.86. The van der Waals surface area contributed by atoms with Gasteiger partial charge < -0.3 is 14.5 Å². The average Bonchev–Trinajstić information content (AvgIpc) is 3.22. The number of para-hydroxylation sites is 1. The first-order valence-corrected chi connectivity index (χ1v) is 8.34. The lowest BCUT2D eigenvalue weighted by Crippen LogP contribution is -2.47. The Hall–Kier alpha value is -2.49. The fourth-order valence-corrected chi connectivity index (χ4v) is 4.40. The van der Waals surface area contributed by atoms with Crippen molar-refractivity contribution in [2.24, 2.45) is 0 Å². The number of benzene rings is 1. The molecule has 4 heterocycles. The summed E-state index contributed by atoms with van der Waals surface area (Å²) in [6.07, 6.45) is 6.74. The van der Waals surface area contributed by atoms with E-state index >= 15 is 0 Å². The zero-order chi connectivity index (χ0) is 15.4. The van der Waals surface area contributed by atoms with Crippen LogP contribution >= 0.6 is 0 Å². The number of nitrogens with zero attached hydrogens (tertiary/aromatic N) is 2. The lowest BCUT2D eigenvalue weighted by molar-refractivity contribution is -0.139. The molecular formula is C19H19N3O. The van der Waals surface area contributed by atoms with Crippen LogP contribution in [0.2, 0.25) is 0 Å². The molecule has 2 aliphatic rings. The predicted molar refractivity (Wildman–Crippen MR) is 89.2 cm³/mol. The Balaban J connectivity index is 1.70. The van der Waals surface area contributed by atoms with Crippen LogP contribution in [0, 0.1) is 0 Å². The molecule has 0 unspecified atom stereocenters. The Morgan fingerprint density at radius 3 is 2.74 bits per heavy atom. The van der Waals surface area contributed by atoms with Gasteiger partial charge in [-0.25, -0.2) is 0 Å². The lowest BCUT2D eigenvalue weighted by Gasteiger charge is -2.44. The fourth-order valence-electron chi connectivity index (χ4n) is 4.40. The maximum Gasteiger partial charge on any atom is 0.223 e. The first-order valence-electron chi connectivity index (χ1n) is 8.34. The van der Waals surface area contributed by atoms with Crippen molar-refractivity contribution in [2.45, 2.75) is 31.3 Å². The Labute approximate surface area is 134 Å². The molecule has 0 spiro atoms. The molecule has 1 aromatic carbocycles. The molecule has 0 aliphatic carbocycles. The molecule has 4 nitrogen and oxygen atoms in total. The molecule has 0 saturated carbocycles. The molecule has 2 aromatic heterocycles. The number of carbonyl (C=O) groups is 1. The van der Waals surface area contributed by atoms with Crippen molar-refractivity contribution in [1.82, 2.24) is 14.5 Å². The molecular weight excluding hydrogens is 286 g/mol. The molecule has 23 heavy (non-hydrogen) atoms. The van der Waals surface area contributed by atoms with Crippen LogP contribution in [0.15, 0.2) is 48.8 Å². The summed E-state index contributed by atoms with van der Waals surface area (Å²) in [5, 5.41) is 1.31. The molecule has 1 saturated heterocycles. The van der Waals surface area contributed by atoms with Gasteiger partial charge in [0.15, 0.2) is 0 Å². The van der Waals surface area contributed by atoms with Gasteiger partial charge in [0, 0.05) is 42.0 Å². The van der Waals surface area contributed by atoms with E-state index in [2.05, 4.69) is 63.2 Å². The third-order valence-electron chi connectivity index (χ3n) is 5.43. The van der Waals surface area contributed by atoms with Crippen molar-refractivity contribution < 1.29 is 4.79 Å². The summed E-state index contributed by atoms with van der Waals surface area (Å²) >= 11 is 0. The van der Waals surface area contributed by atoms with Crippen LogP contribution < -0.4 is 0 Å². The summed E-state index contributed by atoms with van der Waals surface area (Å²) < 4.78 is 2.27. The standard InChI is InChI=1S/C19H19N3O/c23-17-8-7-16(21-10-3-4-11-21)19-18-14(9-12-22(17)19)13-5-1-2-6-15(13)20-18/h1-6,10-11,16,19-20H,7-9,12H2/t16-,19-/m0/s1. The fraction of sp³-hybridized carbons (Fsp3) is 0.316. The number of nitrogens with one attached hydrogen (secondary N) is 1. The maximum atomic E-state index is 12.5. The Morgan fingerprint density at radius 1 is 1.04 bits per heavy atom.